The third-order valence-corrected chi connectivity index (χ3v) is 8.00. The Hall–Kier alpha value is -1.58. The summed E-state index contributed by atoms with van der Waals surface area (Å²) < 4.78 is 23.1. The summed E-state index contributed by atoms with van der Waals surface area (Å²) in [5.41, 5.74) is 0.269. The highest BCUT2D eigenvalue weighted by Crippen LogP contribution is 2.67. The lowest BCUT2D eigenvalue weighted by molar-refractivity contribution is -0.210. The second-order valence-corrected chi connectivity index (χ2v) is 9.09. The van der Waals surface area contributed by atoms with E-state index in [-0.39, 0.29) is 29.7 Å². The normalized spacial score (nSPS) is 60.0. The van der Waals surface area contributed by atoms with E-state index in [1.54, 1.807) is 0 Å². The molecular formula is C20H20O8. The van der Waals surface area contributed by atoms with E-state index in [1.807, 2.05) is 13.8 Å². The second kappa shape index (κ2) is 4.60. The van der Waals surface area contributed by atoms with Crippen LogP contribution < -0.4 is 0 Å². The molecule has 5 aliphatic heterocycles. The fraction of sp³-hybridized carbons (Fsp3) is 0.700. The minimum absolute atomic E-state index is 0.113. The van der Waals surface area contributed by atoms with E-state index in [0.29, 0.717) is 16.7 Å². The van der Waals surface area contributed by atoms with E-state index in [1.165, 1.54) is 6.26 Å². The van der Waals surface area contributed by atoms with Gasteiger partial charge >= 0.3 is 0 Å². The molecule has 2 bridgehead atoms. The zero-order chi connectivity index (χ0) is 19.3. The molecule has 0 amide bonds. The Balaban J connectivity index is 1.52. The molecule has 1 saturated carbocycles. The van der Waals surface area contributed by atoms with Crippen molar-refractivity contribution in [1.82, 2.24) is 0 Å². The molecule has 8 heteroatoms. The molecule has 0 aromatic heterocycles. The maximum atomic E-state index is 13.7. The van der Waals surface area contributed by atoms with Crippen molar-refractivity contribution in [3.05, 3.63) is 23.0 Å². The summed E-state index contributed by atoms with van der Waals surface area (Å²) in [5, 5.41) is 21.8. The van der Waals surface area contributed by atoms with Crippen molar-refractivity contribution >= 4 is 11.6 Å². The first kappa shape index (κ1) is 16.2. The van der Waals surface area contributed by atoms with Crippen molar-refractivity contribution in [2.45, 2.75) is 68.8 Å². The Morgan fingerprint density at radius 1 is 0.964 bits per heavy atom. The summed E-state index contributed by atoms with van der Waals surface area (Å²) in [4.78, 5) is 26.7. The molecule has 3 aliphatic carbocycles. The number of aliphatic hydroxyl groups excluding tert-OH is 2. The smallest absolute Gasteiger partial charge is 0.190 e. The van der Waals surface area contributed by atoms with E-state index < -0.39 is 54.1 Å². The van der Waals surface area contributed by atoms with Crippen molar-refractivity contribution in [1.29, 1.82) is 0 Å². The van der Waals surface area contributed by atoms with E-state index in [9.17, 15) is 19.8 Å². The van der Waals surface area contributed by atoms with Crippen molar-refractivity contribution in [3.63, 3.8) is 0 Å². The van der Waals surface area contributed by atoms with Crippen molar-refractivity contribution in [2.24, 2.45) is 17.3 Å². The topological polar surface area (TPSA) is 118 Å². The Bertz CT molecular complexity index is 921. The molecule has 5 heterocycles. The molecule has 4 fully saturated rings. The van der Waals surface area contributed by atoms with Gasteiger partial charge in [0, 0.05) is 23.0 Å². The number of hydrogen-bond donors (Lipinski definition) is 2. The number of epoxide rings is 2. The van der Waals surface area contributed by atoms with Gasteiger partial charge in [0.1, 0.15) is 36.6 Å². The molecule has 12 atom stereocenters. The molecule has 0 aromatic rings. The fourth-order valence-corrected chi connectivity index (χ4v) is 6.86. The van der Waals surface area contributed by atoms with Crippen LogP contribution in [0.25, 0.3) is 0 Å². The zero-order valence-electron chi connectivity index (χ0n) is 15.3. The van der Waals surface area contributed by atoms with Gasteiger partial charge in [0.25, 0.3) is 0 Å². The Morgan fingerprint density at radius 3 is 2.46 bits per heavy atom. The number of carbonyl (C=O) groups is 2. The Labute approximate surface area is 160 Å². The molecule has 28 heavy (non-hydrogen) atoms. The van der Waals surface area contributed by atoms with Gasteiger partial charge in [-0.15, -0.1) is 0 Å². The summed E-state index contributed by atoms with van der Waals surface area (Å²) in [6.07, 6.45) is -4.40. The number of ketones is 2. The quantitative estimate of drug-likeness (QED) is 0.509. The third kappa shape index (κ3) is 1.47. The predicted molar refractivity (Wildman–Crippen MR) is 88.8 cm³/mol. The lowest BCUT2D eigenvalue weighted by atomic mass is 9.45. The molecule has 0 aromatic carbocycles. The maximum Gasteiger partial charge on any atom is 0.190 e. The van der Waals surface area contributed by atoms with Gasteiger partial charge < -0.3 is 29.2 Å². The van der Waals surface area contributed by atoms with Crippen molar-refractivity contribution in [3.8, 4) is 0 Å². The minimum Gasteiger partial charge on any atom is -0.498 e. The van der Waals surface area contributed by atoms with Crippen LogP contribution in [0.3, 0.4) is 0 Å². The molecule has 2 unspecified atom stereocenters. The van der Waals surface area contributed by atoms with E-state index in [4.69, 9.17) is 18.9 Å². The number of fused-ring (bicyclic) bond motifs is 3. The lowest BCUT2D eigenvalue weighted by Crippen LogP contribution is -2.72. The van der Waals surface area contributed by atoms with Gasteiger partial charge in [-0.1, -0.05) is 0 Å². The second-order valence-electron chi connectivity index (χ2n) is 9.09. The predicted octanol–water partition coefficient (Wildman–Crippen LogP) is -0.973. The van der Waals surface area contributed by atoms with Crippen LogP contribution in [-0.4, -0.2) is 76.7 Å². The Kier molecular flexibility index (Phi) is 2.67. The maximum absolute atomic E-state index is 13.7. The van der Waals surface area contributed by atoms with Gasteiger partial charge in [-0.05, 0) is 19.4 Å². The molecule has 8 rings (SSSR count). The summed E-state index contributed by atoms with van der Waals surface area (Å²) in [7, 11) is 0. The molecule has 0 radical (unpaired) electrons. The SMILES string of the molecule is C[C@H]1O[C@H]2C3=C(C(=O)[C@@H]4O[C@@H]4[C@H]3O)[C@H]1[C@@H]1[C@@H](C)OC=C3[C@H](O)C4OC4C(=O)[C@]312. The average Bonchev–Trinajstić information content (AvgIpc) is 3.57. The first-order valence-corrected chi connectivity index (χ1v) is 9.90. The largest absolute Gasteiger partial charge is 0.498 e. The van der Waals surface area contributed by atoms with Crippen LogP contribution in [0, 0.1) is 17.3 Å². The van der Waals surface area contributed by atoms with Gasteiger partial charge in [0.15, 0.2) is 11.6 Å². The monoisotopic (exact) mass is 388 g/mol. The number of ether oxygens (including phenoxy) is 4. The van der Waals surface area contributed by atoms with Crippen LogP contribution in [0.5, 0.6) is 0 Å². The zero-order valence-corrected chi connectivity index (χ0v) is 15.3. The van der Waals surface area contributed by atoms with Crippen LogP contribution in [0.4, 0.5) is 0 Å². The molecule has 148 valence electrons. The van der Waals surface area contributed by atoms with Crippen LogP contribution in [0.15, 0.2) is 23.0 Å². The number of aliphatic hydroxyl groups is 2. The van der Waals surface area contributed by atoms with Gasteiger partial charge in [0.05, 0.1) is 30.0 Å². The van der Waals surface area contributed by atoms with Crippen LogP contribution in [-0.2, 0) is 28.5 Å². The summed E-state index contributed by atoms with van der Waals surface area (Å²) in [6, 6.07) is 0. The highest BCUT2D eigenvalue weighted by Gasteiger charge is 2.78. The summed E-state index contributed by atoms with van der Waals surface area (Å²) in [5.74, 6) is -1.05. The highest BCUT2D eigenvalue weighted by atomic mass is 16.6. The first-order chi connectivity index (χ1) is 13.4. The first-order valence-electron chi connectivity index (χ1n) is 9.90. The van der Waals surface area contributed by atoms with E-state index in [0.717, 1.165) is 0 Å². The van der Waals surface area contributed by atoms with E-state index >= 15 is 0 Å². The van der Waals surface area contributed by atoms with Gasteiger partial charge in [0.2, 0.25) is 0 Å². The van der Waals surface area contributed by atoms with E-state index in [2.05, 4.69) is 0 Å². The molecule has 8 nitrogen and oxygen atoms in total. The molecule has 3 saturated heterocycles. The molecule has 8 aliphatic rings. The molecule has 2 N–H and O–H groups in total. The third-order valence-electron chi connectivity index (χ3n) is 8.00. The van der Waals surface area contributed by atoms with Gasteiger partial charge in [-0.2, -0.15) is 0 Å². The Morgan fingerprint density at radius 2 is 1.68 bits per heavy atom. The molecule has 1 spiro atoms. The summed E-state index contributed by atoms with van der Waals surface area (Å²) >= 11 is 0. The van der Waals surface area contributed by atoms with Crippen molar-refractivity contribution < 1.29 is 38.7 Å². The number of Topliss-reactive ketones (excluding diaryl/α,β-unsaturated/α-hetero) is 2. The van der Waals surface area contributed by atoms with Gasteiger partial charge in [-0.3, -0.25) is 9.59 Å². The summed E-state index contributed by atoms with van der Waals surface area (Å²) in [6.45, 7) is 3.77. The van der Waals surface area contributed by atoms with Crippen LogP contribution in [0.2, 0.25) is 0 Å². The number of rotatable bonds is 0. The van der Waals surface area contributed by atoms with Crippen LogP contribution in [0.1, 0.15) is 13.8 Å². The standard InChI is InChI=1S/C20H20O8/c1-4-7-8-9(13(23)16-15(27-16)12(8)22)19(26-4)20-6(3-25-5(2)10(7)20)11(21)14-17(28-14)18(20)24/h3-5,7,10-11,13-17,19,21,23H,1-2H3/t4-,5-,7+,10+,11+,13+,14?,15+,16-,17?,19+,20+/m1/s1. The van der Waals surface area contributed by atoms with Crippen molar-refractivity contribution in [2.75, 3.05) is 0 Å². The molecular weight excluding hydrogens is 368 g/mol. The minimum atomic E-state index is -1.19. The van der Waals surface area contributed by atoms with Gasteiger partial charge in [-0.25, -0.2) is 0 Å². The average molecular weight is 388 g/mol. The van der Waals surface area contributed by atoms with Crippen LogP contribution >= 0.6 is 0 Å². The fourth-order valence-electron chi connectivity index (χ4n) is 6.86. The number of hydrogen-bond acceptors (Lipinski definition) is 8. The highest BCUT2D eigenvalue weighted by molar-refractivity contribution is 6.06. The lowest BCUT2D eigenvalue weighted by Gasteiger charge is -2.63. The number of carbonyl (C=O) groups excluding carboxylic acids is 2.